The van der Waals surface area contributed by atoms with Crippen LogP contribution < -0.4 is 5.73 Å². The van der Waals surface area contributed by atoms with E-state index in [1.807, 2.05) is 24.8 Å². The van der Waals surface area contributed by atoms with Gasteiger partial charge in [-0.25, -0.2) is 0 Å². The van der Waals surface area contributed by atoms with Gasteiger partial charge < -0.3 is 10.5 Å². The highest BCUT2D eigenvalue weighted by molar-refractivity contribution is 8.00. The molecule has 76 valence electrons. The molecule has 1 saturated heterocycles. The quantitative estimate of drug-likeness (QED) is 0.829. The van der Waals surface area contributed by atoms with Crippen LogP contribution in [0.4, 0.5) is 0 Å². The summed E-state index contributed by atoms with van der Waals surface area (Å²) in [7, 11) is 0. The predicted molar refractivity (Wildman–Crippen MR) is 59.5 cm³/mol. The van der Waals surface area contributed by atoms with Crippen LogP contribution in [0.1, 0.15) is 18.5 Å². The van der Waals surface area contributed by atoms with Gasteiger partial charge in [-0.3, -0.25) is 0 Å². The number of rotatable bonds is 3. The number of hydrogen-bond donors (Lipinski definition) is 1. The van der Waals surface area contributed by atoms with E-state index < -0.39 is 0 Å². The van der Waals surface area contributed by atoms with Gasteiger partial charge in [0, 0.05) is 10.9 Å². The SMILES string of the molecule is C[C@@H](N)c1ccccc1SC1COC1. The van der Waals surface area contributed by atoms with Gasteiger partial charge in [-0.05, 0) is 18.6 Å². The van der Waals surface area contributed by atoms with Gasteiger partial charge in [-0.2, -0.15) is 0 Å². The largest absolute Gasteiger partial charge is 0.379 e. The van der Waals surface area contributed by atoms with Gasteiger partial charge in [0.05, 0.1) is 18.5 Å². The average molecular weight is 209 g/mol. The zero-order valence-electron chi connectivity index (χ0n) is 8.27. The molecule has 0 aromatic heterocycles. The fourth-order valence-electron chi connectivity index (χ4n) is 1.43. The average Bonchev–Trinajstić information content (AvgIpc) is 2.12. The normalized spacial score (nSPS) is 19.0. The Kier molecular flexibility index (Phi) is 3.11. The van der Waals surface area contributed by atoms with Crippen molar-refractivity contribution in [2.75, 3.05) is 13.2 Å². The van der Waals surface area contributed by atoms with Crippen LogP contribution in [0.25, 0.3) is 0 Å². The van der Waals surface area contributed by atoms with Crippen molar-refractivity contribution in [1.29, 1.82) is 0 Å². The third kappa shape index (κ3) is 2.11. The Morgan fingerprint density at radius 3 is 2.71 bits per heavy atom. The van der Waals surface area contributed by atoms with E-state index in [2.05, 4.69) is 18.2 Å². The monoisotopic (exact) mass is 209 g/mol. The Balaban J connectivity index is 2.13. The number of nitrogens with two attached hydrogens (primary N) is 1. The Hall–Kier alpha value is -0.510. The van der Waals surface area contributed by atoms with Crippen LogP contribution in [0.2, 0.25) is 0 Å². The summed E-state index contributed by atoms with van der Waals surface area (Å²) in [5.74, 6) is 0. The first-order chi connectivity index (χ1) is 6.77. The van der Waals surface area contributed by atoms with Gasteiger partial charge in [-0.15, -0.1) is 11.8 Å². The molecule has 2 N–H and O–H groups in total. The van der Waals surface area contributed by atoms with E-state index in [1.165, 1.54) is 10.5 Å². The summed E-state index contributed by atoms with van der Waals surface area (Å²) in [6.07, 6.45) is 0. The summed E-state index contributed by atoms with van der Waals surface area (Å²) >= 11 is 1.88. The zero-order valence-corrected chi connectivity index (χ0v) is 9.09. The van der Waals surface area contributed by atoms with E-state index in [9.17, 15) is 0 Å². The minimum absolute atomic E-state index is 0.111. The van der Waals surface area contributed by atoms with Crippen LogP contribution in [-0.4, -0.2) is 18.5 Å². The minimum atomic E-state index is 0.111. The lowest BCUT2D eigenvalue weighted by Crippen LogP contribution is -2.30. The Bertz CT molecular complexity index is 310. The molecule has 2 nitrogen and oxygen atoms in total. The zero-order chi connectivity index (χ0) is 9.97. The highest BCUT2D eigenvalue weighted by atomic mass is 32.2. The first kappa shape index (κ1) is 10.0. The predicted octanol–water partition coefficient (Wildman–Crippen LogP) is 2.20. The van der Waals surface area contributed by atoms with Crippen molar-refractivity contribution in [1.82, 2.24) is 0 Å². The Morgan fingerprint density at radius 2 is 2.14 bits per heavy atom. The number of thioether (sulfide) groups is 1. The molecule has 1 atom stereocenters. The van der Waals surface area contributed by atoms with Crippen molar-refractivity contribution >= 4 is 11.8 Å². The second-order valence-electron chi connectivity index (χ2n) is 3.60. The third-order valence-electron chi connectivity index (χ3n) is 2.31. The van der Waals surface area contributed by atoms with Gasteiger partial charge in [0.2, 0.25) is 0 Å². The van der Waals surface area contributed by atoms with Gasteiger partial charge in [0.25, 0.3) is 0 Å². The smallest absolute Gasteiger partial charge is 0.0611 e. The summed E-state index contributed by atoms with van der Waals surface area (Å²) in [4.78, 5) is 1.30. The molecule has 1 aliphatic heterocycles. The van der Waals surface area contributed by atoms with Crippen molar-refractivity contribution < 1.29 is 4.74 Å². The van der Waals surface area contributed by atoms with Crippen LogP contribution in [0.3, 0.4) is 0 Å². The third-order valence-corrected chi connectivity index (χ3v) is 3.54. The number of hydrogen-bond acceptors (Lipinski definition) is 3. The van der Waals surface area contributed by atoms with Crippen LogP contribution in [0, 0.1) is 0 Å². The molecule has 0 bridgehead atoms. The molecule has 1 aromatic carbocycles. The number of benzene rings is 1. The molecule has 1 aromatic rings. The lowest BCUT2D eigenvalue weighted by Gasteiger charge is -2.26. The van der Waals surface area contributed by atoms with Crippen molar-refractivity contribution in [2.45, 2.75) is 23.1 Å². The summed E-state index contributed by atoms with van der Waals surface area (Å²) in [6.45, 7) is 3.77. The van der Waals surface area contributed by atoms with Crippen LogP contribution in [0.5, 0.6) is 0 Å². The highest BCUT2D eigenvalue weighted by Gasteiger charge is 2.21. The lowest BCUT2D eigenvalue weighted by atomic mass is 10.1. The van der Waals surface area contributed by atoms with Gasteiger partial charge in [0.1, 0.15) is 0 Å². The molecule has 0 saturated carbocycles. The van der Waals surface area contributed by atoms with Crippen LogP contribution in [-0.2, 0) is 4.74 Å². The van der Waals surface area contributed by atoms with E-state index >= 15 is 0 Å². The maximum atomic E-state index is 5.91. The van der Waals surface area contributed by atoms with Crippen molar-refractivity contribution in [3.8, 4) is 0 Å². The van der Waals surface area contributed by atoms with E-state index in [4.69, 9.17) is 10.5 Å². The van der Waals surface area contributed by atoms with Crippen molar-refractivity contribution in [3.05, 3.63) is 29.8 Å². The molecule has 1 aliphatic rings. The molecule has 1 heterocycles. The fourth-order valence-corrected chi connectivity index (χ4v) is 2.66. The first-order valence-electron chi connectivity index (χ1n) is 4.86. The summed E-state index contributed by atoms with van der Waals surface area (Å²) in [5, 5.41) is 0.620. The maximum absolute atomic E-state index is 5.91. The van der Waals surface area contributed by atoms with Crippen LogP contribution in [0.15, 0.2) is 29.2 Å². The standard InChI is InChI=1S/C11H15NOS/c1-8(12)10-4-2-3-5-11(10)14-9-6-13-7-9/h2-5,8-9H,6-7,12H2,1H3/t8-/m1/s1. The minimum Gasteiger partial charge on any atom is -0.379 e. The summed E-state index contributed by atoms with van der Waals surface area (Å²) in [6, 6.07) is 8.46. The van der Waals surface area contributed by atoms with Gasteiger partial charge in [-0.1, -0.05) is 18.2 Å². The Morgan fingerprint density at radius 1 is 1.43 bits per heavy atom. The highest BCUT2D eigenvalue weighted by Crippen LogP contribution is 2.32. The van der Waals surface area contributed by atoms with E-state index in [1.54, 1.807) is 0 Å². The van der Waals surface area contributed by atoms with Gasteiger partial charge in [0.15, 0.2) is 0 Å². The molecule has 3 heteroatoms. The molecule has 14 heavy (non-hydrogen) atoms. The molecule has 0 unspecified atom stereocenters. The van der Waals surface area contributed by atoms with E-state index in [0.717, 1.165) is 13.2 Å². The van der Waals surface area contributed by atoms with Crippen molar-refractivity contribution in [2.24, 2.45) is 5.73 Å². The second kappa shape index (κ2) is 4.34. The summed E-state index contributed by atoms with van der Waals surface area (Å²) in [5.41, 5.74) is 7.15. The first-order valence-corrected chi connectivity index (χ1v) is 5.74. The fraction of sp³-hybridized carbons (Fsp3) is 0.455. The molecule has 0 amide bonds. The summed E-state index contributed by atoms with van der Waals surface area (Å²) < 4.78 is 5.16. The topological polar surface area (TPSA) is 35.2 Å². The van der Waals surface area contributed by atoms with E-state index in [0.29, 0.717) is 5.25 Å². The lowest BCUT2D eigenvalue weighted by molar-refractivity contribution is 0.0455. The maximum Gasteiger partial charge on any atom is 0.0611 e. The Labute approximate surface area is 88.8 Å². The van der Waals surface area contributed by atoms with Crippen molar-refractivity contribution in [3.63, 3.8) is 0 Å². The molecule has 1 fully saturated rings. The van der Waals surface area contributed by atoms with E-state index in [-0.39, 0.29) is 6.04 Å². The molecular formula is C11H15NOS. The molecule has 2 rings (SSSR count). The molecular weight excluding hydrogens is 194 g/mol. The molecule has 0 spiro atoms. The van der Waals surface area contributed by atoms with Crippen LogP contribution >= 0.6 is 11.8 Å². The molecule has 0 aliphatic carbocycles. The van der Waals surface area contributed by atoms with Gasteiger partial charge >= 0.3 is 0 Å². The number of ether oxygens (including phenoxy) is 1. The molecule has 0 radical (unpaired) electrons. The second-order valence-corrected chi connectivity index (χ2v) is 4.95.